The Kier molecular flexibility index (Phi) is 2.08. The topological polar surface area (TPSA) is 65.1 Å². The molecule has 1 heterocycles. The normalized spacial score (nSPS) is 9.18. The van der Waals surface area contributed by atoms with Gasteiger partial charge < -0.3 is 4.98 Å². The molecule has 0 saturated carbocycles. The van der Waals surface area contributed by atoms with Crippen LogP contribution in [0.2, 0.25) is 0 Å². The van der Waals surface area contributed by atoms with Crippen molar-refractivity contribution in [2.45, 2.75) is 0 Å². The van der Waals surface area contributed by atoms with Crippen molar-refractivity contribution in [2.75, 3.05) is 0 Å². The number of hydrogen-bond donors (Lipinski definition) is 3. The summed E-state index contributed by atoms with van der Waals surface area (Å²) in [5, 5.41) is 8.23. The smallest absolute Gasteiger partial charge is 0.276 e. The highest BCUT2D eigenvalue weighted by Crippen LogP contribution is 2.07. The lowest BCUT2D eigenvalue weighted by Crippen LogP contribution is -2.19. The molecule has 0 aliphatic heterocycles. The first-order valence-electron chi connectivity index (χ1n) is 3.03. The molecular formula is C7H8N2O2. The van der Waals surface area contributed by atoms with Gasteiger partial charge >= 0.3 is 0 Å². The van der Waals surface area contributed by atoms with Crippen LogP contribution < -0.4 is 5.48 Å². The van der Waals surface area contributed by atoms with Crippen molar-refractivity contribution in [3.63, 3.8) is 0 Å². The van der Waals surface area contributed by atoms with E-state index in [1.165, 1.54) is 5.48 Å². The highest BCUT2D eigenvalue weighted by molar-refractivity contribution is 6.17. The van der Waals surface area contributed by atoms with E-state index in [1.807, 2.05) is 0 Å². The summed E-state index contributed by atoms with van der Waals surface area (Å²) >= 11 is 0. The fourth-order valence-electron chi connectivity index (χ4n) is 0.708. The Bertz CT molecular complexity index is 264. The van der Waals surface area contributed by atoms with E-state index in [-0.39, 0.29) is 5.57 Å². The molecule has 3 N–H and O–H groups in total. The minimum atomic E-state index is -0.604. The van der Waals surface area contributed by atoms with Gasteiger partial charge in [-0.25, -0.2) is 5.48 Å². The maximum Gasteiger partial charge on any atom is 0.276 e. The highest BCUT2D eigenvalue weighted by Gasteiger charge is 2.07. The quantitative estimate of drug-likeness (QED) is 0.329. The van der Waals surface area contributed by atoms with Gasteiger partial charge in [-0.1, -0.05) is 6.58 Å². The Morgan fingerprint density at radius 1 is 1.73 bits per heavy atom. The summed E-state index contributed by atoms with van der Waals surface area (Å²) in [6.45, 7) is 3.46. The molecule has 0 saturated heterocycles. The van der Waals surface area contributed by atoms with Crippen LogP contribution in [0, 0.1) is 0 Å². The first-order valence-corrected chi connectivity index (χ1v) is 3.03. The predicted octanol–water partition coefficient (Wildman–Crippen LogP) is 0.533. The van der Waals surface area contributed by atoms with Crippen LogP contribution in [0.4, 0.5) is 0 Å². The average molecular weight is 152 g/mol. The molecular weight excluding hydrogens is 144 g/mol. The van der Waals surface area contributed by atoms with Crippen molar-refractivity contribution in [3.05, 3.63) is 30.6 Å². The second-order valence-electron chi connectivity index (χ2n) is 2.00. The Balaban J connectivity index is 2.79. The van der Waals surface area contributed by atoms with Crippen molar-refractivity contribution >= 4 is 11.5 Å². The average Bonchev–Trinajstić information content (AvgIpc) is 2.53. The number of hydrogen-bond acceptors (Lipinski definition) is 2. The van der Waals surface area contributed by atoms with Gasteiger partial charge in [-0.2, -0.15) is 0 Å². The van der Waals surface area contributed by atoms with E-state index >= 15 is 0 Å². The van der Waals surface area contributed by atoms with Gasteiger partial charge in [0, 0.05) is 6.20 Å². The Hall–Kier alpha value is -1.55. The fourth-order valence-corrected chi connectivity index (χ4v) is 0.708. The van der Waals surface area contributed by atoms with E-state index in [4.69, 9.17) is 5.21 Å². The molecule has 1 rings (SSSR count). The third kappa shape index (κ3) is 1.47. The molecule has 0 fully saturated rings. The molecule has 0 atom stereocenters. The molecule has 0 aromatic carbocycles. The van der Waals surface area contributed by atoms with Gasteiger partial charge in [-0.05, 0) is 12.1 Å². The molecule has 0 aliphatic carbocycles. The number of carbonyl (C=O) groups excluding carboxylic acids is 1. The minimum Gasteiger partial charge on any atom is -0.361 e. The largest absolute Gasteiger partial charge is 0.361 e. The first-order chi connectivity index (χ1) is 5.25. The lowest BCUT2D eigenvalue weighted by atomic mass is 10.2. The van der Waals surface area contributed by atoms with Gasteiger partial charge in [0.15, 0.2) is 0 Å². The number of carbonyl (C=O) groups is 1. The number of hydroxylamine groups is 1. The molecule has 11 heavy (non-hydrogen) atoms. The zero-order chi connectivity index (χ0) is 8.27. The maximum atomic E-state index is 10.7. The summed E-state index contributed by atoms with van der Waals surface area (Å²) in [6.07, 6.45) is 1.67. The van der Waals surface area contributed by atoms with E-state index in [0.717, 1.165) is 0 Å². The number of rotatable bonds is 2. The van der Waals surface area contributed by atoms with Crippen LogP contribution >= 0.6 is 0 Å². The molecule has 1 aromatic rings. The Morgan fingerprint density at radius 3 is 2.91 bits per heavy atom. The number of nitrogens with one attached hydrogen (secondary N) is 2. The van der Waals surface area contributed by atoms with Gasteiger partial charge in [0.1, 0.15) is 0 Å². The molecule has 1 amide bonds. The second-order valence-corrected chi connectivity index (χ2v) is 2.00. The summed E-state index contributed by atoms with van der Waals surface area (Å²) in [5.41, 5.74) is 2.29. The van der Waals surface area contributed by atoms with Crippen LogP contribution in [0.25, 0.3) is 5.57 Å². The number of amides is 1. The molecule has 4 heteroatoms. The van der Waals surface area contributed by atoms with Crippen molar-refractivity contribution in [2.24, 2.45) is 0 Å². The molecule has 4 nitrogen and oxygen atoms in total. The van der Waals surface area contributed by atoms with E-state index in [0.29, 0.717) is 5.69 Å². The summed E-state index contributed by atoms with van der Waals surface area (Å²) in [7, 11) is 0. The third-order valence-electron chi connectivity index (χ3n) is 1.30. The maximum absolute atomic E-state index is 10.7. The molecule has 0 spiro atoms. The van der Waals surface area contributed by atoms with Crippen LogP contribution in [0.1, 0.15) is 5.69 Å². The van der Waals surface area contributed by atoms with Crippen molar-refractivity contribution < 1.29 is 10.0 Å². The predicted molar refractivity (Wildman–Crippen MR) is 39.8 cm³/mol. The minimum absolute atomic E-state index is 0.206. The molecule has 0 bridgehead atoms. The second kappa shape index (κ2) is 3.03. The molecule has 0 unspecified atom stereocenters. The van der Waals surface area contributed by atoms with E-state index < -0.39 is 5.91 Å². The van der Waals surface area contributed by atoms with E-state index in [9.17, 15) is 4.79 Å². The molecule has 1 aromatic heterocycles. The third-order valence-corrected chi connectivity index (χ3v) is 1.30. The summed E-state index contributed by atoms with van der Waals surface area (Å²) in [5.74, 6) is -0.604. The lowest BCUT2D eigenvalue weighted by molar-refractivity contribution is -0.123. The lowest BCUT2D eigenvalue weighted by Gasteiger charge is -1.98. The zero-order valence-electron chi connectivity index (χ0n) is 5.79. The van der Waals surface area contributed by atoms with Crippen LogP contribution in [-0.2, 0) is 4.79 Å². The molecule has 0 aliphatic rings. The van der Waals surface area contributed by atoms with Crippen molar-refractivity contribution in [3.8, 4) is 0 Å². The SMILES string of the molecule is C=C(C(=O)NO)c1ccc[nH]1. The molecule has 0 radical (unpaired) electrons. The van der Waals surface area contributed by atoms with Gasteiger partial charge in [0.05, 0.1) is 11.3 Å². The molecule has 58 valence electrons. The number of aromatic amines is 1. The zero-order valence-corrected chi connectivity index (χ0v) is 5.79. The van der Waals surface area contributed by atoms with Crippen LogP contribution in [0.5, 0.6) is 0 Å². The van der Waals surface area contributed by atoms with Crippen molar-refractivity contribution in [1.29, 1.82) is 0 Å². The van der Waals surface area contributed by atoms with Gasteiger partial charge in [-0.15, -0.1) is 0 Å². The number of H-pyrrole nitrogens is 1. The van der Waals surface area contributed by atoms with Crippen LogP contribution in [0.3, 0.4) is 0 Å². The van der Waals surface area contributed by atoms with Gasteiger partial charge in [0.2, 0.25) is 0 Å². The fraction of sp³-hybridized carbons (Fsp3) is 0. The van der Waals surface area contributed by atoms with Crippen LogP contribution in [-0.4, -0.2) is 16.1 Å². The Morgan fingerprint density at radius 2 is 2.45 bits per heavy atom. The van der Waals surface area contributed by atoms with E-state index in [2.05, 4.69) is 11.6 Å². The number of aromatic nitrogens is 1. The highest BCUT2D eigenvalue weighted by atomic mass is 16.5. The van der Waals surface area contributed by atoms with Gasteiger partial charge in [0.25, 0.3) is 5.91 Å². The summed E-state index contributed by atoms with van der Waals surface area (Å²) < 4.78 is 0. The monoisotopic (exact) mass is 152 g/mol. The van der Waals surface area contributed by atoms with Gasteiger partial charge in [-0.3, -0.25) is 10.0 Å². The van der Waals surface area contributed by atoms with Crippen LogP contribution in [0.15, 0.2) is 24.9 Å². The first kappa shape index (κ1) is 7.56. The summed E-state index contributed by atoms with van der Waals surface area (Å²) in [4.78, 5) is 13.5. The van der Waals surface area contributed by atoms with Crippen molar-refractivity contribution in [1.82, 2.24) is 10.5 Å². The standard InChI is InChI=1S/C7H8N2O2/c1-5(7(10)9-11)6-3-2-4-8-6/h2-4,8,11H,1H2,(H,9,10). The Labute approximate surface area is 63.5 Å². The van der Waals surface area contributed by atoms with E-state index in [1.54, 1.807) is 18.3 Å². The summed E-state index contributed by atoms with van der Waals surface area (Å²) in [6, 6.07) is 3.43.